The highest BCUT2D eigenvalue weighted by molar-refractivity contribution is 8.14. The second kappa shape index (κ2) is 10.9. The Hall–Kier alpha value is -2.40. The molecule has 0 bridgehead atoms. The lowest BCUT2D eigenvalue weighted by molar-refractivity contribution is -0.143. The minimum absolute atomic E-state index is 0. The number of benzene rings is 2. The Morgan fingerprint density at radius 2 is 1.62 bits per heavy atom. The van der Waals surface area contributed by atoms with Crippen molar-refractivity contribution in [2.24, 2.45) is 4.99 Å². The van der Waals surface area contributed by atoms with E-state index in [1.54, 1.807) is 11.9 Å². The summed E-state index contributed by atoms with van der Waals surface area (Å²) in [5.41, 5.74) is -2.32. The summed E-state index contributed by atoms with van der Waals surface area (Å²) in [6, 6.07) is 10.8. The average Bonchev–Trinajstić information content (AvgIpc) is 3.07. The molecule has 0 saturated carbocycles. The van der Waals surface area contributed by atoms with Gasteiger partial charge in [0.15, 0.2) is 5.17 Å². The number of alkyl halides is 6. The van der Waals surface area contributed by atoms with Gasteiger partial charge in [0.05, 0.1) is 11.1 Å². The maximum atomic E-state index is 13.3. The number of amides is 1. The fourth-order valence-electron chi connectivity index (χ4n) is 3.46. The second-order valence-corrected chi connectivity index (χ2v) is 8.44. The second-order valence-electron chi connectivity index (χ2n) is 7.46. The van der Waals surface area contributed by atoms with Crippen LogP contribution in [0.15, 0.2) is 53.5 Å². The van der Waals surface area contributed by atoms with Gasteiger partial charge in [-0.1, -0.05) is 42.1 Å². The van der Waals surface area contributed by atoms with Crippen LogP contribution in [0.1, 0.15) is 23.6 Å². The maximum Gasteiger partial charge on any atom is 0.416 e. The molecule has 3 rings (SSSR count). The largest absolute Gasteiger partial charge is 0.416 e. The summed E-state index contributed by atoms with van der Waals surface area (Å²) >= 11 is 1.29. The Bertz CT molecular complexity index is 997. The van der Waals surface area contributed by atoms with Gasteiger partial charge in [-0.2, -0.15) is 26.3 Å². The topological polar surface area (TPSA) is 35.9 Å². The van der Waals surface area contributed by atoms with Crippen molar-refractivity contribution in [2.75, 3.05) is 24.2 Å². The molecule has 4 nitrogen and oxygen atoms in total. The van der Waals surface area contributed by atoms with E-state index >= 15 is 0 Å². The Morgan fingerprint density at radius 1 is 1.06 bits per heavy atom. The number of amidine groups is 1. The molecule has 1 unspecified atom stereocenters. The van der Waals surface area contributed by atoms with Gasteiger partial charge in [0, 0.05) is 32.0 Å². The third-order valence-electron chi connectivity index (χ3n) is 5.09. The number of carbonyl (C=O) groups is 1. The molecular formula is C22H22ClF6N3OS. The van der Waals surface area contributed by atoms with Gasteiger partial charge in [-0.05, 0) is 30.2 Å². The summed E-state index contributed by atoms with van der Waals surface area (Å²) in [6.45, 7) is 1.56. The van der Waals surface area contributed by atoms with Crippen molar-refractivity contribution in [3.8, 4) is 0 Å². The zero-order chi connectivity index (χ0) is 24.4. The number of aliphatic imine (C=N–C) groups is 1. The SMILES string of the molecule is CC(=O)N(c1cc(C(F)(F)F)cc(C(F)(F)F)c1)C1CSC(=NCCc2ccccc2)N1C.Cl. The van der Waals surface area contributed by atoms with E-state index in [4.69, 9.17) is 0 Å². The minimum atomic E-state index is -5.00. The first-order valence-electron chi connectivity index (χ1n) is 9.91. The molecule has 1 heterocycles. The molecule has 1 aliphatic heterocycles. The van der Waals surface area contributed by atoms with Gasteiger partial charge in [-0.15, -0.1) is 12.4 Å². The van der Waals surface area contributed by atoms with Crippen LogP contribution in [0.5, 0.6) is 0 Å². The third-order valence-corrected chi connectivity index (χ3v) is 6.23. The number of halogens is 7. The van der Waals surface area contributed by atoms with Crippen molar-refractivity contribution in [1.29, 1.82) is 0 Å². The van der Waals surface area contributed by atoms with Crippen LogP contribution in [0.2, 0.25) is 0 Å². The number of nitrogens with zero attached hydrogens (tertiary/aromatic N) is 3. The fourth-order valence-corrected chi connectivity index (χ4v) is 4.64. The van der Waals surface area contributed by atoms with Gasteiger partial charge < -0.3 is 4.90 Å². The van der Waals surface area contributed by atoms with Crippen molar-refractivity contribution in [2.45, 2.75) is 31.9 Å². The highest BCUT2D eigenvalue weighted by Crippen LogP contribution is 2.39. The van der Waals surface area contributed by atoms with Crippen molar-refractivity contribution < 1.29 is 31.1 Å². The van der Waals surface area contributed by atoms with E-state index < -0.39 is 41.2 Å². The number of thioether (sulfide) groups is 1. The number of carbonyl (C=O) groups excluding carboxylic acids is 1. The van der Waals surface area contributed by atoms with E-state index in [0.29, 0.717) is 30.3 Å². The highest BCUT2D eigenvalue weighted by atomic mass is 35.5. The molecule has 186 valence electrons. The van der Waals surface area contributed by atoms with Crippen LogP contribution in [0.3, 0.4) is 0 Å². The normalized spacial score (nSPS) is 17.6. The Labute approximate surface area is 203 Å². The van der Waals surface area contributed by atoms with Crippen molar-refractivity contribution in [1.82, 2.24) is 4.90 Å². The third kappa shape index (κ3) is 6.59. The first kappa shape index (κ1) is 27.8. The van der Waals surface area contributed by atoms with Crippen molar-refractivity contribution >= 4 is 40.9 Å². The van der Waals surface area contributed by atoms with Crippen LogP contribution in [-0.2, 0) is 23.6 Å². The molecule has 1 amide bonds. The summed E-state index contributed by atoms with van der Waals surface area (Å²) in [7, 11) is 1.61. The zero-order valence-corrected chi connectivity index (χ0v) is 19.8. The monoisotopic (exact) mass is 525 g/mol. The lowest BCUT2D eigenvalue weighted by Crippen LogP contribution is -2.48. The van der Waals surface area contributed by atoms with Gasteiger partial charge >= 0.3 is 12.4 Å². The quantitative estimate of drug-likeness (QED) is 0.442. The smallest absolute Gasteiger partial charge is 0.333 e. The maximum absolute atomic E-state index is 13.3. The van der Waals surface area contributed by atoms with Crippen LogP contribution in [0.25, 0.3) is 0 Å². The average molecular weight is 526 g/mol. The first-order chi connectivity index (χ1) is 15.4. The molecule has 12 heteroatoms. The fraction of sp³-hybridized carbons (Fsp3) is 0.364. The Balaban J connectivity index is 0.00000408. The summed E-state index contributed by atoms with van der Waals surface area (Å²) < 4.78 is 79.7. The minimum Gasteiger partial charge on any atom is -0.333 e. The van der Waals surface area contributed by atoms with Gasteiger partial charge in [-0.25, -0.2) is 0 Å². The highest BCUT2D eigenvalue weighted by Gasteiger charge is 2.40. The molecule has 1 fully saturated rings. The van der Waals surface area contributed by atoms with E-state index in [-0.39, 0.29) is 24.2 Å². The number of anilines is 1. The standard InChI is InChI=1S/C22H21F6N3OS.ClH/c1-14(32)31(18-11-16(21(23,24)25)10-17(12-18)22(26,27)28)19-13-33-20(30(19)2)29-9-8-15-6-4-3-5-7-15;/h3-7,10-12,19H,8-9,13H2,1-2H3;1H. The number of hydrogen-bond donors (Lipinski definition) is 0. The van der Waals surface area contributed by atoms with Crippen LogP contribution in [0, 0.1) is 0 Å². The molecular weight excluding hydrogens is 504 g/mol. The summed E-state index contributed by atoms with van der Waals surface area (Å²) in [4.78, 5) is 19.5. The summed E-state index contributed by atoms with van der Waals surface area (Å²) in [5.74, 6) is -0.428. The first-order valence-corrected chi connectivity index (χ1v) is 10.9. The molecule has 0 N–H and O–H groups in total. The van der Waals surface area contributed by atoms with Crippen LogP contribution < -0.4 is 4.90 Å². The van der Waals surface area contributed by atoms with Gasteiger partial charge in [0.1, 0.15) is 6.17 Å². The molecule has 0 aliphatic carbocycles. The van der Waals surface area contributed by atoms with Crippen molar-refractivity contribution in [3.63, 3.8) is 0 Å². The molecule has 1 aliphatic rings. The summed E-state index contributed by atoms with van der Waals surface area (Å²) in [6.07, 6.45) is -10.1. The van der Waals surface area contributed by atoms with E-state index in [0.717, 1.165) is 17.4 Å². The molecule has 0 spiro atoms. The molecule has 2 aromatic rings. The van der Waals surface area contributed by atoms with Crippen LogP contribution in [0.4, 0.5) is 32.0 Å². The van der Waals surface area contributed by atoms with E-state index in [1.807, 2.05) is 30.3 Å². The Morgan fingerprint density at radius 3 is 2.12 bits per heavy atom. The molecule has 0 radical (unpaired) electrons. The number of hydrogen-bond acceptors (Lipinski definition) is 3. The number of rotatable bonds is 5. The molecule has 0 aromatic heterocycles. The van der Waals surface area contributed by atoms with Crippen molar-refractivity contribution in [3.05, 3.63) is 65.2 Å². The molecule has 2 aromatic carbocycles. The van der Waals surface area contributed by atoms with E-state index in [1.165, 1.54) is 11.8 Å². The van der Waals surface area contributed by atoms with Gasteiger partial charge in [0.2, 0.25) is 5.91 Å². The van der Waals surface area contributed by atoms with E-state index in [2.05, 4.69) is 4.99 Å². The Kier molecular flexibility index (Phi) is 8.92. The molecule has 1 atom stereocenters. The predicted molar refractivity (Wildman–Crippen MR) is 123 cm³/mol. The summed E-state index contributed by atoms with van der Waals surface area (Å²) in [5, 5.41) is 0.560. The van der Waals surface area contributed by atoms with Crippen LogP contribution >= 0.6 is 24.2 Å². The molecule has 34 heavy (non-hydrogen) atoms. The lowest BCUT2D eigenvalue weighted by Gasteiger charge is -2.33. The molecule has 1 saturated heterocycles. The van der Waals surface area contributed by atoms with Gasteiger partial charge in [-0.3, -0.25) is 14.7 Å². The van der Waals surface area contributed by atoms with Gasteiger partial charge in [0.25, 0.3) is 0 Å². The zero-order valence-electron chi connectivity index (χ0n) is 18.2. The van der Waals surface area contributed by atoms with Crippen LogP contribution in [-0.4, -0.2) is 41.5 Å². The van der Waals surface area contributed by atoms with E-state index in [9.17, 15) is 31.1 Å². The lowest BCUT2D eigenvalue weighted by atomic mass is 10.1. The predicted octanol–water partition coefficient (Wildman–Crippen LogP) is 6.10.